The van der Waals surface area contributed by atoms with Crippen LogP contribution in [0.5, 0.6) is 0 Å². The highest BCUT2D eigenvalue weighted by Crippen LogP contribution is 2.36. The third-order valence-electron chi connectivity index (χ3n) is 3.79. The van der Waals surface area contributed by atoms with Crippen LogP contribution in [0.4, 0.5) is 0 Å². The lowest BCUT2D eigenvalue weighted by molar-refractivity contribution is -0.641. The van der Waals surface area contributed by atoms with Gasteiger partial charge in [-0.15, -0.1) is 0 Å². The maximum atomic E-state index is 4.38. The minimum atomic E-state index is 0.972. The van der Waals surface area contributed by atoms with Gasteiger partial charge in [-0.25, -0.2) is 4.52 Å². The molecular formula is C15H10N3S+. The van der Waals surface area contributed by atoms with Gasteiger partial charge in [-0.2, -0.15) is 9.67 Å². The van der Waals surface area contributed by atoms with Crippen molar-refractivity contribution in [1.82, 2.24) is 9.61 Å². The molecule has 0 spiro atoms. The number of aromatic nitrogens is 3. The van der Waals surface area contributed by atoms with Crippen molar-refractivity contribution in [3.63, 3.8) is 0 Å². The fourth-order valence-electron chi connectivity index (χ4n) is 2.97. The van der Waals surface area contributed by atoms with Gasteiger partial charge in [0.1, 0.15) is 10.2 Å². The number of rotatable bonds is 0. The second-order valence-electron chi connectivity index (χ2n) is 4.85. The molecule has 4 aromatic rings. The number of hydrogen-bond donors (Lipinski definition) is 0. The van der Waals surface area contributed by atoms with Gasteiger partial charge >= 0.3 is 0 Å². The zero-order chi connectivity index (χ0) is 12.4. The molecule has 1 aliphatic heterocycles. The maximum Gasteiger partial charge on any atom is 0.271 e. The molecule has 90 valence electrons. The summed E-state index contributed by atoms with van der Waals surface area (Å²) in [5, 5.41) is 5.74. The van der Waals surface area contributed by atoms with E-state index in [9.17, 15) is 0 Å². The summed E-state index contributed by atoms with van der Waals surface area (Å²) in [5.41, 5.74) is 5.29. The molecule has 4 heteroatoms. The van der Waals surface area contributed by atoms with Gasteiger partial charge in [0.05, 0.1) is 11.8 Å². The summed E-state index contributed by atoms with van der Waals surface area (Å²) in [5.74, 6) is 0. The summed E-state index contributed by atoms with van der Waals surface area (Å²) in [6.45, 7) is 0.972. The van der Waals surface area contributed by atoms with E-state index in [1.165, 1.54) is 31.9 Å². The van der Waals surface area contributed by atoms with Crippen LogP contribution in [-0.2, 0) is 6.54 Å². The van der Waals surface area contributed by atoms with Crippen molar-refractivity contribution < 1.29 is 4.57 Å². The maximum absolute atomic E-state index is 4.38. The van der Waals surface area contributed by atoms with Crippen LogP contribution in [0.2, 0.25) is 0 Å². The third-order valence-corrected chi connectivity index (χ3v) is 4.94. The number of fused-ring (bicyclic) bond motifs is 7. The standard InChI is InChI=1S/C15H10N3S/c1-2-5-11-10(4-1)8-17-14-12-6-3-7-16-18(12)9-13(14)19-15(11)17/h1-7,9H,8H2/q+1. The van der Waals surface area contributed by atoms with E-state index in [2.05, 4.69) is 46.2 Å². The highest BCUT2D eigenvalue weighted by atomic mass is 32.1. The number of benzene rings is 1. The molecule has 0 radical (unpaired) electrons. The van der Waals surface area contributed by atoms with Crippen molar-refractivity contribution in [3.8, 4) is 10.6 Å². The van der Waals surface area contributed by atoms with Gasteiger partial charge in [-0.3, -0.25) is 0 Å². The molecule has 0 saturated carbocycles. The quantitative estimate of drug-likeness (QED) is 0.394. The Morgan fingerprint density at radius 2 is 2.11 bits per heavy atom. The average Bonchev–Trinajstić information content (AvgIpc) is 3.05. The first kappa shape index (κ1) is 9.69. The molecule has 5 rings (SSSR count). The minimum Gasteiger partial charge on any atom is -0.233 e. The average molecular weight is 264 g/mol. The fraction of sp³-hybridized carbons (Fsp3) is 0.0667. The lowest BCUT2D eigenvalue weighted by Gasteiger charge is -1.90. The summed E-state index contributed by atoms with van der Waals surface area (Å²) >= 11 is 1.86. The molecule has 4 heterocycles. The van der Waals surface area contributed by atoms with Crippen LogP contribution in [0, 0.1) is 0 Å². The Hall–Kier alpha value is -2.20. The van der Waals surface area contributed by atoms with Crippen LogP contribution in [0.1, 0.15) is 5.56 Å². The van der Waals surface area contributed by atoms with Gasteiger partial charge in [0.2, 0.25) is 0 Å². The molecule has 0 bridgehead atoms. The van der Waals surface area contributed by atoms with Gasteiger partial charge in [-0.1, -0.05) is 29.5 Å². The second kappa shape index (κ2) is 3.22. The normalized spacial score (nSPS) is 13.1. The third kappa shape index (κ3) is 1.12. The Bertz CT molecular complexity index is 949. The molecule has 0 N–H and O–H groups in total. The molecule has 0 atom stereocenters. The molecule has 0 unspecified atom stereocenters. The second-order valence-corrected chi connectivity index (χ2v) is 5.88. The Kier molecular flexibility index (Phi) is 1.64. The van der Waals surface area contributed by atoms with Crippen molar-refractivity contribution in [1.29, 1.82) is 0 Å². The Labute approximate surface area is 113 Å². The Balaban J connectivity index is 1.94. The van der Waals surface area contributed by atoms with E-state index in [0.717, 1.165) is 6.54 Å². The molecule has 3 aromatic heterocycles. The smallest absolute Gasteiger partial charge is 0.233 e. The number of thiazole rings is 1. The van der Waals surface area contributed by atoms with E-state index in [1.54, 1.807) is 0 Å². The van der Waals surface area contributed by atoms with Crippen molar-refractivity contribution in [2.75, 3.05) is 0 Å². The zero-order valence-corrected chi connectivity index (χ0v) is 10.9. The van der Waals surface area contributed by atoms with Crippen LogP contribution < -0.4 is 4.57 Å². The predicted molar refractivity (Wildman–Crippen MR) is 75.3 cm³/mol. The number of nitrogens with zero attached hydrogens (tertiary/aromatic N) is 3. The lowest BCUT2D eigenvalue weighted by Crippen LogP contribution is -2.30. The molecule has 0 aliphatic carbocycles. The van der Waals surface area contributed by atoms with Gasteiger partial charge in [-0.05, 0) is 18.2 Å². The lowest BCUT2D eigenvalue weighted by atomic mass is 10.1. The number of hydrogen-bond acceptors (Lipinski definition) is 2. The predicted octanol–water partition coefficient (Wildman–Crippen LogP) is 2.87. The summed E-state index contributed by atoms with van der Waals surface area (Å²) in [7, 11) is 0. The molecule has 0 fully saturated rings. The molecule has 0 saturated heterocycles. The van der Waals surface area contributed by atoms with Crippen LogP contribution in [0.3, 0.4) is 0 Å². The molecule has 1 aromatic carbocycles. The summed E-state index contributed by atoms with van der Waals surface area (Å²) < 4.78 is 5.70. The van der Waals surface area contributed by atoms with E-state index in [-0.39, 0.29) is 0 Å². The van der Waals surface area contributed by atoms with Gasteiger partial charge in [0.25, 0.3) is 10.5 Å². The monoisotopic (exact) mass is 264 g/mol. The van der Waals surface area contributed by atoms with Crippen LogP contribution in [0.15, 0.2) is 48.8 Å². The van der Waals surface area contributed by atoms with E-state index in [1.807, 2.05) is 28.1 Å². The van der Waals surface area contributed by atoms with E-state index in [0.29, 0.717) is 0 Å². The first-order valence-corrected chi connectivity index (χ1v) is 7.10. The van der Waals surface area contributed by atoms with E-state index in [4.69, 9.17) is 0 Å². The molecule has 19 heavy (non-hydrogen) atoms. The van der Waals surface area contributed by atoms with Gasteiger partial charge < -0.3 is 0 Å². The topological polar surface area (TPSA) is 21.2 Å². The van der Waals surface area contributed by atoms with Gasteiger partial charge in [0.15, 0.2) is 6.54 Å². The van der Waals surface area contributed by atoms with Crippen molar-refractivity contribution in [2.45, 2.75) is 6.54 Å². The molecule has 0 amide bonds. The minimum absolute atomic E-state index is 0.972. The molecule has 1 aliphatic rings. The Morgan fingerprint density at radius 1 is 1.16 bits per heavy atom. The molecular weight excluding hydrogens is 254 g/mol. The van der Waals surface area contributed by atoms with Crippen LogP contribution in [0.25, 0.3) is 26.3 Å². The summed E-state index contributed by atoms with van der Waals surface area (Å²) in [6.07, 6.45) is 3.96. The molecule has 3 nitrogen and oxygen atoms in total. The highest BCUT2D eigenvalue weighted by molar-refractivity contribution is 7.21. The highest BCUT2D eigenvalue weighted by Gasteiger charge is 2.33. The van der Waals surface area contributed by atoms with E-state index >= 15 is 0 Å². The zero-order valence-electron chi connectivity index (χ0n) is 10.1. The SMILES string of the molecule is c1ccc2c(c1)C[n+]1c-2sc2cn3ncccc3c21. The van der Waals surface area contributed by atoms with Crippen molar-refractivity contribution in [3.05, 3.63) is 54.4 Å². The van der Waals surface area contributed by atoms with Crippen molar-refractivity contribution in [2.24, 2.45) is 0 Å². The van der Waals surface area contributed by atoms with Gasteiger partial charge in [0, 0.05) is 11.8 Å². The first-order valence-electron chi connectivity index (χ1n) is 6.29. The van der Waals surface area contributed by atoms with Crippen LogP contribution in [-0.4, -0.2) is 9.61 Å². The largest absolute Gasteiger partial charge is 0.271 e. The fourth-order valence-corrected chi connectivity index (χ4v) is 4.21. The van der Waals surface area contributed by atoms with Crippen molar-refractivity contribution >= 4 is 27.1 Å². The Morgan fingerprint density at radius 3 is 3.11 bits per heavy atom. The van der Waals surface area contributed by atoms with E-state index < -0.39 is 0 Å². The first-order chi connectivity index (χ1) is 9.42. The summed E-state index contributed by atoms with van der Waals surface area (Å²) in [6, 6.07) is 12.8. The summed E-state index contributed by atoms with van der Waals surface area (Å²) in [4.78, 5) is 0. The van der Waals surface area contributed by atoms with Crippen LogP contribution >= 0.6 is 11.3 Å².